The first kappa shape index (κ1) is 22.7. The number of nitriles is 1. The number of sulfonamides is 1. The molecule has 1 unspecified atom stereocenters. The summed E-state index contributed by atoms with van der Waals surface area (Å²) in [5, 5.41) is 12.4. The minimum absolute atomic E-state index is 0.108. The van der Waals surface area contributed by atoms with E-state index in [9.17, 15) is 8.42 Å². The second kappa shape index (κ2) is 9.03. The van der Waals surface area contributed by atoms with Gasteiger partial charge in [0.15, 0.2) is 0 Å². The third kappa shape index (κ3) is 3.82. The number of benzene rings is 4. The number of rotatable bonds is 5. The molecule has 2 aliphatic rings. The lowest BCUT2D eigenvalue weighted by Gasteiger charge is -2.57. The van der Waals surface area contributed by atoms with E-state index in [-0.39, 0.29) is 18.0 Å². The van der Waals surface area contributed by atoms with E-state index in [0.717, 1.165) is 27.8 Å². The van der Waals surface area contributed by atoms with Crippen molar-refractivity contribution in [3.8, 4) is 28.3 Å². The smallest absolute Gasteiger partial charge is 0.243 e. The molecule has 178 valence electrons. The molecule has 2 saturated heterocycles. The molecule has 4 aromatic carbocycles. The van der Waals surface area contributed by atoms with Crippen LogP contribution in [-0.2, 0) is 10.0 Å². The summed E-state index contributed by atoms with van der Waals surface area (Å²) in [5.41, 5.74) is 6.00. The van der Waals surface area contributed by atoms with Crippen LogP contribution in [0.1, 0.15) is 17.0 Å². The minimum Gasteiger partial charge on any atom is -0.313 e. The number of hydrogen-bond donors (Lipinski definition) is 1. The van der Waals surface area contributed by atoms with Crippen molar-refractivity contribution >= 4 is 10.0 Å². The van der Waals surface area contributed by atoms with E-state index in [1.54, 1.807) is 16.4 Å². The molecule has 3 atom stereocenters. The summed E-state index contributed by atoms with van der Waals surface area (Å²) in [6.45, 7) is 1.28. The molecular formula is C30H25N3O2S. The van der Waals surface area contributed by atoms with Crippen LogP contribution in [0.5, 0.6) is 0 Å². The largest absolute Gasteiger partial charge is 0.313 e. The average molecular weight is 492 g/mol. The third-order valence-corrected chi connectivity index (χ3v) is 9.33. The maximum absolute atomic E-state index is 13.6. The van der Waals surface area contributed by atoms with E-state index in [0.29, 0.717) is 23.5 Å². The Balaban J connectivity index is 1.23. The summed E-state index contributed by atoms with van der Waals surface area (Å²) >= 11 is 0. The second-order valence-electron chi connectivity index (χ2n) is 9.36. The fourth-order valence-corrected chi connectivity index (χ4v) is 7.39. The van der Waals surface area contributed by atoms with Crippen molar-refractivity contribution in [3.05, 3.63) is 114 Å². The lowest BCUT2D eigenvalue weighted by molar-refractivity contribution is 0.0370. The standard InChI is InChI=1S/C30H25N3O2S/c31-18-21-6-8-23(9-7-21)24-10-12-26(13-11-24)30-28-19-32-20-29(30)33(28)36(34,35)27-16-14-25(15-17-27)22-4-2-1-3-5-22/h1-17,28-30,32H,19-20H2/t28-,29+,30?. The normalized spacial score (nSPS) is 21.4. The van der Waals surface area contributed by atoms with E-state index < -0.39 is 10.0 Å². The maximum atomic E-state index is 13.6. The molecule has 2 aliphatic heterocycles. The molecule has 0 spiro atoms. The summed E-state index contributed by atoms with van der Waals surface area (Å²) in [7, 11) is -3.59. The molecule has 0 saturated carbocycles. The van der Waals surface area contributed by atoms with E-state index >= 15 is 0 Å². The number of nitrogens with one attached hydrogen (secondary N) is 1. The Hall–Kier alpha value is -3.76. The van der Waals surface area contributed by atoms with E-state index in [2.05, 4.69) is 35.7 Å². The van der Waals surface area contributed by atoms with E-state index in [1.807, 2.05) is 66.7 Å². The summed E-state index contributed by atoms with van der Waals surface area (Å²) in [6.07, 6.45) is 0. The van der Waals surface area contributed by atoms with E-state index in [1.165, 1.54) is 0 Å². The monoisotopic (exact) mass is 491 g/mol. The average Bonchev–Trinajstić information content (AvgIpc) is 2.94. The summed E-state index contributed by atoms with van der Waals surface area (Å²) in [6, 6.07) is 35.0. The molecule has 0 aromatic heterocycles. The van der Waals surface area contributed by atoms with Gasteiger partial charge >= 0.3 is 0 Å². The summed E-state index contributed by atoms with van der Waals surface area (Å²) in [5.74, 6) is 0.166. The fraction of sp³-hybridized carbons (Fsp3) is 0.167. The van der Waals surface area contributed by atoms with Crippen molar-refractivity contribution in [1.29, 1.82) is 5.26 Å². The molecule has 2 bridgehead atoms. The topological polar surface area (TPSA) is 73.2 Å². The fourth-order valence-electron chi connectivity index (χ4n) is 5.54. The number of nitrogens with zero attached hydrogens (tertiary/aromatic N) is 2. The molecular weight excluding hydrogens is 466 g/mol. The predicted octanol–water partition coefficient (Wildman–Crippen LogP) is 5.02. The van der Waals surface area contributed by atoms with Crippen molar-refractivity contribution in [2.75, 3.05) is 13.1 Å². The molecule has 0 amide bonds. The Morgan fingerprint density at radius 1 is 0.694 bits per heavy atom. The molecule has 5 nitrogen and oxygen atoms in total. The maximum Gasteiger partial charge on any atom is 0.243 e. The first-order valence-electron chi connectivity index (χ1n) is 12.1. The van der Waals surface area contributed by atoms with Crippen molar-refractivity contribution in [2.24, 2.45) is 0 Å². The molecule has 1 N–H and O–H groups in total. The van der Waals surface area contributed by atoms with Gasteiger partial charge in [0, 0.05) is 31.1 Å². The molecule has 36 heavy (non-hydrogen) atoms. The predicted molar refractivity (Wildman–Crippen MR) is 141 cm³/mol. The zero-order valence-corrected chi connectivity index (χ0v) is 20.4. The molecule has 0 radical (unpaired) electrons. The van der Waals surface area contributed by atoms with Crippen LogP contribution >= 0.6 is 0 Å². The van der Waals surface area contributed by atoms with Crippen LogP contribution in [0.3, 0.4) is 0 Å². The quantitative estimate of drug-likeness (QED) is 0.425. The van der Waals surface area contributed by atoms with Gasteiger partial charge in [-0.05, 0) is 52.1 Å². The minimum atomic E-state index is -3.59. The zero-order valence-electron chi connectivity index (χ0n) is 19.6. The number of piperazine rings is 1. The first-order chi connectivity index (χ1) is 17.6. The van der Waals surface area contributed by atoms with Gasteiger partial charge in [-0.3, -0.25) is 0 Å². The lowest BCUT2D eigenvalue weighted by atomic mass is 9.74. The van der Waals surface area contributed by atoms with Crippen molar-refractivity contribution < 1.29 is 8.42 Å². The zero-order chi connectivity index (χ0) is 24.7. The van der Waals surface area contributed by atoms with Crippen LogP contribution < -0.4 is 5.32 Å². The van der Waals surface area contributed by atoms with Crippen molar-refractivity contribution in [2.45, 2.75) is 22.9 Å². The van der Waals surface area contributed by atoms with Crippen molar-refractivity contribution in [3.63, 3.8) is 0 Å². The Bertz CT molecular complexity index is 1510. The van der Waals surface area contributed by atoms with Gasteiger partial charge in [-0.1, -0.05) is 78.9 Å². The van der Waals surface area contributed by atoms with Gasteiger partial charge in [-0.2, -0.15) is 9.57 Å². The molecule has 0 aliphatic carbocycles. The summed E-state index contributed by atoms with van der Waals surface area (Å²) < 4.78 is 28.9. The number of hydrogen-bond acceptors (Lipinski definition) is 4. The Morgan fingerprint density at radius 2 is 1.19 bits per heavy atom. The summed E-state index contributed by atoms with van der Waals surface area (Å²) in [4.78, 5) is 0.341. The Kier molecular flexibility index (Phi) is 5.69. The van der Waals surface area contributed by atoms with Crippen LogP contribution in [0.15, 0.2) is 108 Å². The van der Waals surface area contributed by atoms with Gasteiger partial charge in [-0.25, -0.2) is 8.42 Å². The van der Waals surface area contributed by atoms with Gasteiger partial charge in [0.05, 0.1) is 16.5 Å². The molecule has 6 rings (SSSR count). The number of piperidine rings is 1. The van der Waals surface area contributed by atoms with Crippen LogP contribution in [0.4, 0.5) is 0 Å². The molecule has 2 fully saturated rings. The van der Waals surface area contributed by atoms with E-state index in [4.69, 9.17) is 5.26 Å². The first-order valence-corrected chi connectivity index (χ1v) is 13.5. The van der Waals surface area contributed by atoms with Crippen LogP contribution in [0.2, 0.25) is 0 Å². The SMILES string of the molecule is N#Cc1ccc(-c2ccc(C3[C@H]4CNC[C@@H]3N4S(=O)(=O)c3ccc(-c4ccccc4)cc3)cc2)cc1. The number of fused-ring (bicyclic) bond motifs is 2. The highest BCUT2D eigenvalue weighted by atomic mass is 32.2. The third-order valence-electron chi connectivity index (χ3n) is 7.37. The van der Waals surface area contributed by atoms with Crippen LogP contribution in [0, 0.1) is 11.3 Å². The van der Waals surface area contributed by atoms with Gasteiger partial charge in [0.25, 0.3) is 0 Å². The highest BCUT2D eigenvalue weighted by Crippen LogP contribution is 2.46. The van der Waals surface area contributed by atoms with Gasteiger partial charge < -0.3 is 5.32 Å². The Labute approximate surface area is 211 Å². The van der Waals surface area contributed by atoms with Gasteiger partial charge in [0.1, 0.15) is 0 Å². The lowest BCUT2D eigenvalue weighted by Crippen LogP contribution is -2.73. The van der Waals surface area contributed by atoms with Crippen LogP contribution in [0.25, 0.3) is 22.3 Å². The molecule has 6 heteroatoms. The van der Waals surface area contributed by atoms with Crippen LogP contribution in [-0.4, -0.2) is 37.9 Å². The van der Waals surface area contributed by atoms with Gasteiger partial charge in [-0.15, -0.1) is 0 Å². The second-order valence-corrected chi connectivity index (χ2v) is 11.2. The van der Waals surface area contributed by atoms with Gasteiger partial charge in [0.2, 0.25) is 10.0 Å². The molecule has 4 aromatic rings. The highest BCUT2D eigenvalue weighted by Gasteiger charge is 2.56. The van der Waals surface area contributed by atoms with Crippen molar-refractivity contribution in [1.82, 2.24) is 9.62 Å². The Morgan fingerprint density at radius 3 is 1.75 bits per heavy atom. The highest BCUT2D eigenvalue weighted by molar-refractivity contribution is 7.89. The molecule has 2 heterocycles.